The van der Waals surface area contributed by atoms with Crippen LogP contribution in [0.5, 0.6) is 11.5 Å². The molecule has 3 rings (SSSR count). The van der Waals surface area contributed by atoms with Crippen LogP contribution in [0.15, 0.2) is 42.0 Å². The highest BCUT2D eigenvalue weighted by atomic mass is 16.6. The lowest BCUT2D eigenvalue weighted by molar-refractivity contribution is -0.385. The van der Waals surface area contributed by atoms with E-state index in [1.807, 2.05) is 6.07 Å². The van der Waals surface area contributed by atoms with Crippen molar-refractivity contribution in [2.45, 2.75) is 25.7 Å². The molecule has 0 unspecified atom stereocenters. The average Bonchev–Trinajstić information content (AvgIpc) is 3.21. The van der Waals surface area contributed by atoms with Crippen molar-refractivity contribution >= 4 is 35.5 Å². The number of nitro groups is 1. The molecule has 0 bridgehead atoms. The molecule has 2 aromatic rings. The Bertz CT molecular complexity index is 1430. The maximum absolute atomic E-state index is 12.6. The van der Waals surface area contributed by atoms with Gasteiger partial charge in [0.2, 0.25) is 0 Å². The van der Waals surface area contributed by atoms with Gasteiger partial charge in [-0.05, 0) is 42.7 Å². The fraction of sp³-hybridized carbons (Fsp3) is 0.321. The molecule has 41 heavy (non-hydrogen) atoms. The number of unbranched alkanes of at least 4 members (excludes halogenated alkanes) is 2. The van der Waals surface area contributed by atoms with Gasteiger partial charge >= 0.3 is 5.97 Å². The third kappa shape index (κ3) is 7.52. The zero-order valence-corrected chi connectivity index (χ0v) is 22.5. The average molecular weight is 565 g/mol. The molecule has 13 nitrogen and oxygen atoms in total. The second-order valence-electron chi connectivity index (χ2n) is 8.83. The summed E-state index contributed by atoms with van der Waals surface area (Å²) in [6.45, 7) is 0.619. The minimum atomic E-state index is -0.698. The van der Waals surface area contributed by atoms with Crippen molar-refractivity contribution in [1.82, 2.24) is 10.2 Å². The van der Waals surface area contributed by atoms with Gasteiger partial charge in [-0.25, -0.2) is 0 Å². The van der Waals surface area contributed by atoms with Crippen LogP contribution in [0.1, 0.15) is 52.0 Å². The van der Waals surface area contributed by atoms with Gasteiger partial charge in [0, 0.05) is 32.7 Å². The van der Waals surface area contributed by atoms with Gasteiger partial charge in [-0.1, -0.05) is 18.6 Å². The molecule has 2 aromatic carbocycles. The predicted molar refractivity (Wildman–Crippen MR) is 144 cm³/mol. The van der Waals surface area contributed by atoms with Crippen LogP contribution in [-0.2, 0) is 14.3 Å². The monoisotopic (exact) mass is 564 g/mol. The van der Waals surface area contributed by atoms with E-state index >= 15 is 0 Å². The van der Waals surface area contributed by atoms with Crippen LogP contribution in [0.25, 0.3) is 6.08 Å². The van der Waals surface area contributed by atoms with Crippen molar-refractivity contribution in [1.29, 1.82) is 5.26 Å². The van der Waals surface area contributed by atoms with Crippen molar-refractivity contribution in [3.05, 3.63) is 68.8 Å². The number of amides is 3. The molecule has 0 saturated heterocycles. The molecule has 0 saturated carbocycles. The van der Waals surface area contributed by atoms with Gasteiger partial charge in [0.05, 0.1) is 24.2 Å². The molecule has 3 amide bonds. The zero-order chi connectivity index (χ0) is 29.9. The van der Waals surface area contributed by atoms with Crippen molar-refractivity contribution in [3.63, 3.8) is 0 Å². The van der Waals surface area contributed by atoms with Gasteiger partial charge < -0.3 is 19.5 Å². The lowest BCUT2D eigenvalue weighted by atomic mass is 10.1. The summed E-state index contributed by atoms with van der Waals surface area (Å²) in [5.41, 5.74) is -0.224. The molecule has 0 aromatic heterocycles. The first-order chi connectivity index (χ1) is 19.7. The molecule has 1 aliphatic heterocycles. The predicted octanol–water partition coefficient (Wildman–Crippen LogP) is 3.03. The minimum Gasteiger partial charge on any atom is -0.493 e. The highest BCUT2D eigenvalue weighted by Gasteiger charge is 2.40. The van der Waals surface area contributed by atoms with E-state index in [-0.39, 0.29) is 47.7 Å². The summed E-state index contributed by atoms with van der Waals surface area (Å²) < 4.78 is 15.6. The highest BCUT2D eigenvalue weighted by Crippen LogP contribution is 2.31. The number of nitro benzene ring substituents is 1. The second-order valence-corrected chi connectivity index (χ2v) is 8.83. The number of imide groups is 1. The number of benzene rings is 2. The summed E-state index contributed by atoms with van der Waals surface area (Å²) in [6.07, 6.45) is 2.74. The summed E-state index contributed by atoms with van der Waals surface area (Å²) >= 11 is 0. The number of ether oxygens (including phenoxy) is 3. The van der Waals surface area contributed by atoms with E-state index in [1.165, 1.54) is 50.6 Å². The standard InChI is InChI=1S/C28H28N4O9/c1-39-14-12-30-26(34)19(17-29)15-18-10-11-22(23(16-18)40-2)41-24(33)9-4-3-5-13-31-27(35)20-7-6-8-21(32(37)38)25(20)28(31)36/h6-8,10-11,15-16H,3-5,9,12-14H2,1-2H3,(H,30,34)/b19-15+. The molecule has 0 fully saturated rings. The number of carbonyl (C=O) groups is 4. The molecule has 13 heteroatoms. The normalized spacial score (nSPS) is 12.5. The van der Waals surface area contributed by atoms with Gasteiger partial charge in [0.25, 0.3) is 23.4 Å². The van der Waals surface area contributed by atoms with Crippen molar-refractivity contribution in [2.75, 3.05) is 33.9 Å². The van der Waals surface area contributed by atoms with Crippen molar-refractivity contribution < 1.29 is 38.3 Å². The molecule has 0 atom stereocenters. The Morgan fingerprint density at radius 2 is 1.88 bits per heavy atom. The number of hydrogen-bond acceptors (Lipinski definition) is 10. The number of nitrogens with zero attached hydrogens (tertiary/aromatic N) is 3. The van der Waals surface area contributed by atoms with Crippen molar-refractivity contribution in [3.8, 4) is 17.6 Å². The van der Waals surface area contributed by atoms with Gasteiger partial charge in [-0.2, -0.15) is 5.26 Å². The number of methoxy groups -OCH3 is 2. The minimum absolute atomic E-state index is 0.0115. The number of nitriles is 1. The van der Waals surface area contributed by atoms with Gasteiger partial charge in [-0.15, -0.1) is 0 Å². The van der Waals surface area contributed by atoms with E-state index in [9.17, 15) is 34.6 Å². The van der Waals surface area contributed by atoms with E-state index < -0.39 is 34.3 Å². The van der Waals surface area contributed by atoms with Crippen LogP contribution >= 0.6 is 0 Å². The van der Waals surface area contributed by atoms with Crippen LogP contribution in [0, 0.1) is 21.4 Å². The summed E-state index contributed by atoms with van der Waals surface area (Å²) in [6, 6.07) is 10.4. The Morgan fingerprint density at radius 1 is 1.10 bits per heavy atom. The molecule has 0 aliphatic carbocycles. The number of nitrogens with one attached hydrogen (secondary N) is 1. The van der Waals surface area contributed by atoms with E-state index in [4.69, 9.17) is 14.2 Å². The van der Waals surface area contributed by atoms with Gasteiger partial charge in [0.1, 0.15) is 17.2 Å². The van der Waals surface area contributed by atoms with Crippen LogP contribution in [0.2, 0.25) is 0 Å². The molecule has 1 aliphatic rings. The van der Waals surface area contributed by atoms with E-state index in [0.717, 1.165) is 4.90 Å². The Morgan fingerprint density at radius 3 is 2.56 bits per heavy atom. The second kappa shape index (κ2) is 14.3. The number of rotatable bonds is 14. The molecular weight excluding hydrogens is 536 g/mol. The first-order valence-corrected chi connectivity index (χ1v) is 12.6. The van der Waals surface area contributed by atoms with Crippen molar-refractivity contribution in [2.24, 2.45) is 0 Å². The summed E-state index contributed by atoms with van der Waals surface area (Å²) in [7, 11) is 2.88. The van der Waals surface area contributed by atoms with Crippen LogP contribution in [-0.4, -0.2) is 67.4 Å². The number of fused-ring (bicyclic) bond motifs is 1. The van der Waals surface area contributed by atoms with E-state index in [0.29, 0.717) is 31.4 Å². The molecule has 1 heterocycles. The number of carbonyl (C=O) groups excluding carboxylic acids is 4. The summed E-state index contributed by atoms with van der Waals surface area (Å²) in [5.74, 6) is -1.97. The van der Waals surface area contributed by atoms with Crippen LogP contribution in [0.3, 0.4) is 0 Å². The van der Waals surface area contributed by atoms with E-state index in [2.05, 4.69) is 5.32 Å². The SMILES string of the molecule is COCCNC(=O)/C(C#N)=C/c1ccc(OC(=O)CCCCCN2C(=O)c3cccc([N+](=O)[O-])c3C2=O)c(OC)c1. The third-order valence-corrected chi connectivity index (χ3v) is 6.12. The number of hydrogen-bond donors (Lipinski definition) is 1. The Kier molecular flexibility index (Phi) is 10.7. The maximum Gasteiger partial charge on any atom is 0.311 e. The molecule has 1 N–H and O–H groups in total. The maximum atomic E-state index is 12.6. The first-order valence-electron chi connectivity index (χ1n) is 12.6. The fourth-order valence-electron chi connectivity index (χ4n) is 4.10. The van der Waals surface area contributed by atoms with Crippen LogP contribution in [0.4, 0.5) is 5.69 Å². The zero-order valence-electron chi connectivity index (χ0n) is 22.5. The largest absolute Gasteiger partial charge is 0.493 e. The van der Waals surface area contributed by atoms with E-state index in [1.54, 1.807) is 6.07 Å². The third-order valence-electron chi connectivity index (χ3n) is 6.12. The summed E-state index contributed by atoms with van der Waals surface area (Å²) in [4.78, 5) is 61.3. The molecule has 0 radical (unpaired) electrons. The Hall–Kier alpha value is -5.09. The lowest BCUT2D eigenvalue weighted by Crippen LogP contribution is -2.30. The van der Waals surface area contributed by atoms with Crippen LogP contribution < -0.4 is 14.8 Å². The topological polar surface area (TPSA) is 178 Å². The van der Waals surface area contributed by atoms with Gasteiger partial charge in [0.15, 0.2) is 11.5 Å². The number of esters is 1. The first kappa shape index (κ1) is 30.5. The lowest BCUT2D eigenvalue weighted by Gasteiger charge is -2.13. The Balaban J connectivity index is 1.50. The van der Waals surface area contributed by atoms with Gasteiger partial charge in [-0.3, -0.25) is 34.2 Å². The molecule has 214 valence electrons. The smallest absolute Gasteiger partial charge is 0.311 e. The Labute approximate surface area is 235 Å². The molecular formula is C28H28N4O9. The summed E-state index contributed by atoms with van der Waals surface area (Å²) in [5, 5.41) is 23.1. The molecule has 0 spiro atoms. The quantitative estimate of drug-likeness (QED) is 0.0524. The highest BCUT2D eigenvalue weighted by molar-refractivity contribution is 6.23. The fourth-order valence-corrected chi connectivity index (χ4v) is 4.10.